The van der Waals surface area contributed by atoms with Gasteiger partial charge in [0.15, 0.2) is 0 Å². The van der Waals surface area contributed by atoms with Gasteiger partial charge < -0.3 is 19.4 Å². The zero-order chi connectivity index (χ0) is 16.3. The minimum atomic E-state index is -4.66. The highest BCUT2D eigenvalue weighted by Gasteiger charge is 2.50. The third-order valence-electron chi connectivity index (χ3n) is 2.71. The Morgan fingerprint density at radius 3 is 2.38 bits per heavy atom. The normalized spacial score (nSPS) is 15.8. The number of benzene rings is 1. The number of nitrogens with zero attached hydrogens (tertiary/aromatic N) is 1. The number of likely N-dealkylation sites (N-methyl/N-ethyl adjacent to an activating group) is 1. The summed E-state index contributed by atoms with van der Waals surface area (Å²) in [5, 5.41) is 10.4. The number of hydrogen-bond donors (Lipinski definition) is 3. The van der Waals surface area contributed by atoms with Crippen molar-refractivity contribution in [3.05, 3.63) is 29.8 Å². The number of hydrogen-bond acceptors (Lipinski definition) is 4. The van der Waals surface area contributed by atoms with Crippen molar-refractivity contribution in [1.82, 2.24) is 0 Å². The second-order valence-electron chi connectivity index (χ2n) is 5.90. The van der Waals surface area contributed by atoms with E-state index < -0.39 is 12.3 Å². The maximum Gasteiger partial charge on any atom is 0.374 e. The van der Waals surface area contributed by atoms with Gasteiger partial charge in [0.05, 0.1) is 21.1 Å². The van der Waals surface area contributed by atoms with Crippen LogP contribution in [0.15, 0.2) is 29.2 Å². The zero-order valence-electron chi connectivity index (χ0n) is 12.7. The van der Waals surface area contributed by atoms with E-state index in [-0.39, 0.29) is 11.0 Å². The van der Waals surface area contributed by atoms with Crippen molar-refractivity contribution >= 4 is 29.2 Å². The van der Waals surface area contributed by atoms with Crippen LogP contribution >= 0.6 is 29.2 Å². The van der Waals surface area contributed by atoms with Crippen LogP contribution in [0.5, 0.6) is 0 Å². The van der Waals surface area contributed by atoms with E-state index in [1.807, 2.05) is 31.2 Å². The van der Waals surface area contributed by atoms with Gasteiger partial charge >= 0.3 is 7.60 Å². The summed E-state index contributed by atoms with van der Waals surface area (Å²) in [5.74, 6) is 0. The van der Waals surface area contributed by atoms with Gasteiger partial charge in [-0.05, 0) is 34.9 Å². The lowest BCUT2D eigenvalue weighted by molar-refractivity contribution is -0.873. The molecule has 21 heavy (non-hydrogen) atoms. The summed E-state index contributed by atoms with van der Waals surface area (Å²) in [4.78, 5) is 19.9. The standard InChI is InChI=1S/C13H22NO4PS2/c1-5-11-7-6-8-12(9-11)20-21-13(15,19(16,17)18)10-14(2,3)4/h6-9,15H,5,10H2,1-4H3,(H-,16,17,18)/p+1. The Balaban J connectivity index is 2.90. The van der Waals surface area contributed by atoms with Crippen LogP contribution in [0.25, 0.3) is 0 Å². The van der Waals surface area contributed by atoms with Gasteiger partial charge in [0.1, 0.15) is 6.54 Å². The number of quaternary nitrogens is 1. The predicted molar refractivity (Wildman–Crippen MR) is 89.2 cm³/mol. The van der Waals surface area contributed by atoms with Gasteiger partial charge in [-0.3, -0.25) is 4.57 Å². The molecule has 0 saturated carbocycles. The smallest absolute Gasteiger partial charge is 0.364 e. The molecule has 8 heteroatoms. The van der Waals surface area contributed by atoms with Crippen LogP contribution in [0.1, 0.15) is 12.5 Å². The van der Waals surface area contributed by atoms with Crippen molar-refractivity contribution in [2.45, 2.75) is 22.9 Å². The first-order valence-electron chi connectivity index (χ1n) is 6.50. The summed E-state index contributed by atoms with van der Waals surface area (Å²) in [6, 6.07) is 7.72. The molecule has 0 heterocycles. The minimum Gasteiger partial charge on any atom is -0.364 e. The highest BCUT2D eigenvalue weighted by molar-refractivity contribution is 8.78. The van der Waals surface area contributed by atoms with Gasteiger partial charge in [-0.1, -0.05) is 29.9 Å². The van der Waals surface area contributed by atoms with E-state index in [1.165, 1.54) is 10.8 Å². The molecule has 0 aliphatic heterocycles. The van der Waals surface area contributed by atoms with Crippen LogP contribution in [0.3, 0.4) is 0 Å². The Hall–Kier alpha value is -0.0100. The van der Waals surface area contributed by atoms with Gasteiger partial charge in [-0.2, -0.15) is 0 Å². The minimum absolute atomic E-state index is 0.0532. The third-order valence-corrected chi connectivity index (χ3v) is 7.70. The van der Waals surface area contributed by atoms with E-state index in [9.17, 15) is 19.5 Å². The molecule has 3 N–H and O–H groups in total. The highest BCUT2D eigenvalue weighted by Crippen LogP contribution is 2.60. The van der Waals surface area contributed by atoms with E-state index in [4.69, 9.17) is 0 Å². The second-order valence-corrected chi connectivity index (χ2v) is 10.5. The van der Waals surface area contributed by atoms with E-state index in [0.717, 1.165) is 27.7 Å². The van der Waals surface area contributed by atoms with Crippen molar-refractivity contribution in [1.29, 1.82) is 0 Å². The fraction of sp³-hybridized carbons (Fsp3) is 0.538. The van der Waals surface area contributed by atoms with E-state index in [1.54, 1.807) is 21.1 Å². The van der Waals surface area contributed by atoms with Gasteiger partial charge in [-0.15, -0.1) is 0 Å². The van der Waals surface area contributed by atoms with Crippen molar-refractivity contribution < 1.29 is 23.9 Å². The molecule has 1 aromatic rings. The largest absolute Gasteiger partial charge is 0.374 e. The van der Waals surface area contributed by atoms with Gasteiger partial charge in [0.2, 0.25) is 0 Å². The number of rotatable bonds is 7. The molecule has 0 bridgehead atoms. The first kappa shape index (κ1) is 19.0. The molecule has 0 amide bonds. The SMILES string of the molecule is CCc1cccc(SSC(O)(C[N+](C)(C)C)P(=O)(O)O)c1. The summed E-state index contributed by atoms with van der Waals surface area (Å²) < 4.78 is 9.82. The fourth-order valence-corrected chi connectivity index (χ4v) is 6.08. The topological polar surface area (TPSA) is 77.8 Å². The first-order valence-corrected chi connectivity index (χ1v) is 10.3. The molecule has 120 valence electrons. The molecular formula is C13H23NO4PS2+. The lowest BCUT2D eigenvalue weighted by atomic mass is 10.2. The lowest BCUT2D eigenvalue weighted by Crippen LogP contribution is -2.47. The summed E-state index contributed by atoms with van der Waals surface area (Å²) in [6.45, 7) is 1.99. The van der Waals surface area contributed by atoms with Gasteiger partial charge in [0.25, 0.3) is 4.67 Å². The zero-order valence-corrected chi connectivity index (χ0v) is 15.2. The molecule has 0 fully saturated rings. The molecular weight excluding hydrogens is 329 g/mol. The van der Waals surface area contributed by atoms with Crippen LogP contribution in [0.2, 0.25) is 0 Å². The molecule has 5 nitrogen and oxygen atoms in total. The quantitative estimate of drug-likeness (QED) is 0.303. The Bertz CT molecular complexity index is 529. The number of aliphatic hydroxyl groups is 1. The summed E-state index contributed by atoms with van der Waals surface area (Å²) >= 11 is 0. The van der Waals surface area contributed by atoms with E-state index >= 15 is 0 Å². The monoisotopic (exact) mass is 352 g/mol. The van der Waals surface area contributed by atoms with Crippen molar-refractivity contribution in [3.8, 4) is 0 Å². The molecule has 0 aliphatic carbocycles. The Labute approximate surface area is 133 Å². The molecule has 0 spiro atoms. The van der Waals surface area contributed by atoms with Crippen molar-refractivity contribution in [2.24, 2.45) is 0 Å². The number of aryl methyl sites for hydroxylation is 1. The third kappa shape index (κ3) is 5.94. The fourth-order valence-electron chi connectivity index (χ4n) is 1.72. The average Bonchev–Trinajstić information content (AvgIpc) is 2.33. The average molecular weight is 352 g/mol. The summed E-state index contributed by atoms with van der Waals surface area (Å²) in [7, 11) is 2.70. The first-order chi connectivity index (χ1) is 9.47. The molecule has 1 unspecified atom stereocenters. The second kappa shape index (κ2) is 7.04. The lowest BCUT2D eigenvalue weighted by Gasteiger charge is -2.34. The summed E-state index contributed by atoms with van der Waals surface area (Å²) in [5.41, 5.74) is 1.15. The molecule has 0 saturated heterocycles. The molecule has 1 atom stereocenters. The molecule has 0 aliphatic rings. The molecule has 0 radical (unpaired) electrons. The van der Waals surface area contributed by atoms with E-state index in [0.29, 0.717) is 0 Å². The molecule has 0 aromatic heterocycles. The van der Waals surface area contributed by atoms with E-state index in [2.05, 4.69) is 0 Å². The molecule has 1 aromatic carbocycles. The van der Waals surface area contributed by atoms with Crippen LogP contribution < -0.4 is 0 Å². The predicted octanol–water partition coefficient (Wildman–Crippen LogP) is 2.52. The maximum absolute atomic E-state index is 11.7. The van der Waals surface area contributed by atoms with Crippen LogP contribution in [0, 0.1) is 0 Å². The Kier molecular flexibility index (Phi) is 6.39. The van der Waals surface area contributed by atoms with Crippen molar-refractivity contribution in [3.63, 3.8) is 0 Å². The summed E-state index contributed by atoms with van der Waals surface area (Å²) in [6.07, 6.45) is 0.890. The van der Waals surface area contributed by atoms with Crippen LogP contribution in [-0.4, -0.2) is 51.7 Å². The maximum atomic E-state index is 11.7. The van der Waals surface area contributed by atoms with Gasteiger partial charge in [0, 0.05) is 4.90 Å². The van der Waals surface area contributed by atoms with Crippen LogP contribution in [0.4, 0.5) is 0 Å². The van der Waals surface area contributed by atoms with Gasteiger partial charge in [-0.25, -0.2) is 0 Å². The van der Waals surface area contributed by atoms with Crippen LogP contribution in [-0.2, 0) is 11.0 Å². The Morgan fingerprint density at radius 1 is 1.29 bits per heavy atom. The van der Waals surface area contributed by atoms with Crippen molar-refractivity contribution in [2.75, 3.05) is 27.7 Å². The highest BCUT2D eigenvalue weighted by atomic mass is 33.1. The molecule has 1 rings (SSSR count). The Morgan fingerprint density at radius 2 is 1.90 bits per heavy atom.